The van der Waals surface area contributed by atoms with Gasteiger partial charge in [0.15, 0.2) is 5.78 Å². The molecule has 0 heterocycles. The van der Waals surface area contributed by atoms with Gasteiger partial charge in [-0.2, -0.15) is 0 Å². The Kier molecular flexibility index (Phi) is 5.53. The van der Waals surface area contributed by atoms with Crippen LogP contribution in [-0.2, 0) is 9.53 Å². The van der Waals surface area contributed by atoms with Gasteiger partial charge in [-0.1, -0.05) is 24.3 Å². The first kappa shape index (κ1) is 19.4. The van der Waals surface area contributed by atoms with Crippen LogP contribution in [0.3, 0.4) is 0 Å². The van der Waals surface area contributed by atoms with Gasteiger partial charge < -0.3 is 19.6 Å². The van der Waals surface area contributed by atoms with E-state index >= 15 is 0 Å². The van der Waals surface area contributed by atoms with Crippen molar-refractivity contribution in [3.63, 3.8) is 0 Å². The third kappa shape index (κ3) is 3.57. The number of anilines is 2. The smallest absolute Gasteiger partial charge is 0.172 e. The first-order valence-electron chi connectivity index (χ1n) is 9.14. The van der Waals surface area contributed by atoms with Crippen molar-refractivity contribution in [2.45, 2.75) is 24.0 Å². The van der Waals surface area contributed by atoms with Gasteiger partial charge in [0, 0.05) is 52.6 Å². The highest BCUT2D eigenvalue weighted by Crippen LogP contribution is 2.43. The van der Waals surface area contributed by atoms with Crippen molar-refractivity contribution in [2.24, 2.45) is 0 Å². The maximum Gasteiger partial charge on any atom is 0.172 e. The Morgan fingerprint density at radius 3 is 1.67 bits per heavy atom. The van der Waals surface area contributed by atoms with Crippen LogP contribution in [0.5, 0.6) is 0 Å². The third-order valence-electron chi connectivity index (χ3n) is 5.44. The Balaban J connectivity index is 1.93. The Morgan fingerprint density at radius 1 is 0.815 bits per heavy atom. The summed E-state index contributed by atoms with van der Waals surface area (Å²) in [4.78, 5) is 17.0. The van der Waals surface area contributed by atoms with E-state index in [2.05, 4.69) is 0 Å². The molecule has 0 amide bonds. The average molecular weight is 368 g/mol. The number of ether oxygens (including phenoxy) is 1. The second-order valence-corrected chi connectivity index (χ2v) is 7.52. The highest BCUT2D eigenvalue weighted by Gasteiger charge is 2.50. The summed E-state index contributed by atoms with van der Waals surface area (Å²) in [5.41, 5.74) is 3.87. The van der Waals surface area contributed by atoms with Crippen LogP contribution < -0.4 is 9.80 Å². The molecule has 1 saturated carbocycles. The van der Waals surface area contributed by atoms with Crippen LogP contribution in [0.2, 0.25) is 0 Å². The normalized spacial score (nSPS) is 24.9. The number of aliphatic hydroxyl groups excluding tert-OH is 1. The molecule has 0 saturated heterocycles. The SMILES string of the molecule is COC1C(=O)C(c2ccc(N(C)C)cc2)C(O)C1c1ccc(N(C)C)cc1. The lowest BCUT2D eigenvalue weighted by molar-refractivity contribution is -0.127. The van der Waals surface area contributed by atoms with Gasteiger partial charge in [-0.25, -0.2) is 0 Å². The second-order valence-electron chi connectivity index (χ2n) is 7.52. The summed E-state index contributed by atoms with van der Waals surface area (Å²) in [7, 11) is 9.44. The summed E-state index contributed by atoms with van der Waals surface area (Å²) in [6.07, 6.45) is -1.47. The van der Waals surface area contributed by atoms with Gasteiger partial charge >= 0.3 is 0 Å². The predicted molar refractivity (Wildman–Crippen MR) is 109 cm³/mol. The van der Waals surface area contributed by atoms with Crippen molar-refractivity contribution < 1.29 is 14.6 Å². The van der Waals surface area contributed by atoms with Crippen molar-refractivity contribution in [1.29, 1.82) is 0 Å². The zero-order chi connectivity index (χ0) is 19.7. The number of Topliss-reactive ketones (excluding diaryl/α,β-unsaturated/α-hetero) is 1. The van der Waals surface area contributed by atoms with Crippen LogP contribution in [-0.4, -0.2) is 58.4 Å². The Hall–Kier alpha value is -2.37. The number of aliphatic hydroxyl groups is 1. The number of hydrogen-bond donors (Lipinski definition) is 1. The van der Waals surface area contributed by atoms with Gasteiger partial charge in [-0.05, 0) is 35.4 Å². The molecule has 144 valence electrons. The number of carbonyl (C=O) groups excluding carboxylic acids is 1. The minimum Gasteiger partial charge on any atom is -0.391 e. The maximum absolute atomic E-state index is 13.0. The Labute approximate surface area is 161 Å². The summed E-state index contributed by atoms with van der Waals surface area (Å²) in [5.74, 6) is -1.02. The molecular formula is C22H28N2O3. The molecule has 1 fully saturated rings. The molecule has 3 rings (SSSR count). The van der Waals surface area contributed by atoms with Crippen LogP contribution in [0.15, 0.2) is 48.5 Å². The van der Waals surface area contributed by atoms with E-state index in [9.17, 15) is 9.90 Å². The molecule has 0 bridgehead atoms. The first-order chi connectivity index (χ1) is 12.8. The van der Waals surface area contributed by atoms with Crippen molar-refractivity contribution in [3.05, 3.63) is 59.7 Å². The molecule has 4 unspecified atom stereocenters. The molecule has 2 aromatic rings. The van der Waals surface area contributed by atoms with E-state index in [1.54, 1.807) is 0 Å². The fraction of sp³-hybridized carbons (Fsp3) is 0.409. The Bertz CT molecular complexity index is 784. The van der Waals surface area contributed by atoms with Gasteiger partial charge in [-0.3, -0.25) is 4.79 Å². The van der Waals surface area contributed by atoms with Gasteiger partial charge in [0.2, 0.25) is 0 Å². The minimum absolute atomic E-state index is 0.0655. The molecule has 5 nitrogen and oxygen atoms in total. The lowest BCUT2D eigenvalue weighted by Crippen LogP contribution is -2.25. The molecular weight excluding hydrogens is 340 g/mol. The standard InChI is InChI=1S/C22H28N2O3/c1-23(2)16-10-6-14(7-11-16)18-20(25)19(22(27-5)21(18)26)15-8-12-17(13-9-15)24(3)4/h6-13,18-20,22,25H,1-5H3. The number of hydrogen-bond acceptors (Lipinski definition) is 5. The topological polar surface area (TPSA) is 53.0 Å². The number of rotatable bonds is 5. The number of carbonyl (C=O) groups is 1. The van der Waals surface area contributed by atoms with Crippen molar-refractivity contribution in [3.8, 4) is 0 Å². The largest absolute Gasteiger partial charge is 0.391 e. The molecule has 2 aromatic carbocycles. The minimum atomic E-state index is -0.821. The van der Waals surface area contributed by atoms with E-state index in [4.69, 9.17) is 4.74 Å². The molecule has 27 heavy (non-hydrogen) atoms. The highest BCUT2D eigenvalue weighted by molar-refractivity contribution is 5.94. The van der Waals surface area contributed by atoms with Gasteiger partial charge in [0.25, 0.3) is 0 Å². The summed E-state index contributed by atoms with van der Waals surface area (Å²) < 4.78 is 5.52. The number of nitrogens with zero attached hydrogens (tertiary/aromatic N) is 2. The van der Waals surface area contributed by atoms with E-state index in [0.29, 0.717) is 0 Å². The summed E-state index contributed by atoms with van der Waals surface area (Å²) >= 11 is 0. The fourth-order valence-electron chi connectivity index (χ4n) is 3.88. The summed E-state index contributed by atoms with van der Waals surface area (Å²) in [6, 6.07) is 15.7. The van der Waals surface area contributed by atoms with E-state index in [-0.39, 0.29) is 11.7 Å². The lowest BCUT2D eigenvalue weighted by atomic mass is 9.89. The highest BCUT2D eigenvalue weighted by atomic mass is 16.5. The van der Waals surface area contributed by atoms with Crippen molar-refractivity contribution >= 4 is 17.2 Å². The molecule has 5 heteroatoms. The van der Waals surface area contributed by atoms with Gasteiger partial charge in [-0.15, -0.1) is 0 Å². The molecule has 0 radical (unpaired) electrons. The first-order valence-corrected chi connectivity index (χ1v) is 9.14. The van der Waals surface area contributed by atoms with Gasteiger partial charge in [0.1, 0.15) is 6.10 Å². The number of benzene rings is 2. The zero-order valence-electron chi connectivity index (χ0n) is 16.6. The number of ketones is 1. The van der Waals surface area contributed by atoms with Crippen LogP contribution >= 0.6 is 0 Å². The molecule has 0 aromatic heterocycles. The van der Waals surface area contributed by atoms with Crippen molar-refractivity contribution in [2.75, 3.05) is 45.1 Å². The summed E-state index contributed by atoms with van der Waals surface area (Å²) in [5, 5.41) is 11.1. The van der Waals surface area contributed by atoms with Crippen LogP contribution in [0.25, 0.3) is 0 Å². The number of methoxy groups -OCH3 is 1. The predicted octanol–water partition coefficient (Wildman–Crippen LogP) is 2.64. The van der Waals surface area contributed by atoms with Crippen LogP contribution in [0.4, 0.5) is 11.4 Å². The molecule has 4 atom stereocenters. The monoisotopic (exact) mass is 368 g/mol. The van der Waals surface area contributed by atoms with E-state index in [1.807, 2.05) is 86.5 Å². The van der Waals surface area contributed by atoms with E-state index < -0.39 is 18.1 Å². The second kappa shape index (κ2) is 7.71. The Morgan fingerprint density at radius 2 is 1.26 bits per heavy atom. The zero-order valence-corrected chi connectivity index (χ0v) is 16.6. The van der Waals surface area contributed by atoms with E-state index in [1.165, 1.54) is 7.11 Å². The van der Waals surface area contributed by atoms with Crippen LogP contribution in [0, 0.1) is 0 Å². The third-order valence-corrected chi connectivity index (χ3v) is 5.44. The molecule has 1 aliphatic carbocycles. The fourth-order valence-corrected chi connectivity index (χ4v) is 3.88. The van der Waals surface area contributed by atoms with E-state index in [0.717, 1.165) is 22.5 Å². The summed E-state index contributed by atoms with van der Waals surface area (Å²) in [6.45, 7) is 0. The van der Waals surface area contributed by atoms with Crippen LogP contribution in [0.1, 0.15) is 23.0 Å². The molecule has 0 spiro atoms. The average Bonchev–Trinajstić information content (AvgIpc) is 2.91. The molecule has 0 aliphatic heterocycles. The molecule has 1 aliphatic rings. The van der Waals surface area contributed by atoms with Gasteiger partial charge in [0.05, 0.1) is 12.0 Å². The maximum atomic E-state index is 13.0. The lowest BCUT2D eigenvalue weighted by Gasteiger charge is -2.22. The quantitative estimate of drug-likeness (QED) is 0.879. The molecule has 1 N–H and O–H groups in total. The van der Waals surface area contributed by atoms with Crippen molar-refractivity contribution in [1.82, 2.24) is 0 Å².